The van der Waals surface area contributed by atoms with Gasteiger partial charge in [-0.15, -0.1) is 11.3 Å². The van der Waals surface area contributed by atoms with Gasteiger partial charge in [0.1, 0.15) is 6.04 Å². The van der Waals surface area contributed by atoms with Gasteiger partial charge in [0.05, 0.1) is 11.3 Å². The molecule has 0 radical (unpaired) electrons. The Morgan fingerprint density at radius 1 is 1.42 bits per heavy atom. The van der Waals surface area contributed by atoms with Crippen LogP contribution in [0.3, 0.4) is 0 Å². The van der Waals surface area contributed by atoms with E-state index < -0.39 is 11.9 Å². The Kier molecular flexibility index (Phi) is 5.68. The van der Waals surface area contributed by atoms with E-state index in [0.717, 1.165) is 43.7 Å². The van der Waals surface area contributed by atoms with Gasteiger partial charge in [-0.25, -0.2) is 0 Å². The molecule has 3 rings (SSSR count). The van der Waals surface area contributed by atoms with Gasteiger partial charge in [0.15, 0.2) is 0 Å². The van der Waals surface area contributed by atoms with E-state index in [9.17, 15) is 9.59 Å². The average molecular weight is 372 g/mol. The zero-order valence-corrected chi connectivity index (χ0v) is 15.9. The zero-order valence-electron chi connectivity index (χ0n) is 15.1. The lowest BCUT2D eigenvalue weighted by Gasteiger charge is -2.27. The third-order valence-corrected chi connectivity index (χ3v) is 5.74. The maximum absolute atomic E-state index is 12.4. The molecular weight excluding hydrogens is 348 g/mol. The van der Waals surface area contributed by atoms with E-state index in [-0.39, 0.29) is 5.91 Å². The van der Waals surface area contributed by atoms with Crippen molar-refractivity contribution < 1.29 is 9.59 Å². The van der Waals surface area contributed by atoms with Crippen LogP contribution in [0.5, 0.6) is 0 Å². The van der Waals surface area contributed by atoms with Crippen molar-refractivity contribution in [3.05, 3.63) is 51.0 Å². The summed E-state index contributed by atoms with van der Waals surface area (Å²) in [5, 5.41) is 4.54. The van der Waals surface area contributed by atoms with Crippen LogP contribution in [0.25, 0.3) is 0 Å². The Balaban J connectivity index is 1.65. The van der Waals surface area contributed by atoms with Crippen LogP contribution >= 0.6 is 11.3 Å². The molecule has 0 aliphatic carbocycles. The molecule has 138 valence electrons. The summed E-state index contributed by atoms with van der Waals surface area (Å²) in [6, 6.07) is 3.55. The van der Waals surface area contributed by atoms with Crippen LogP contribution in [0.2, 0.25) is 0 Å². The van der Waals surface area contributed by atoms with E-state index in [2.05, 4.69) is 34.3 Å². The summed E-state index contributed by atoms with van der Waals surface area (Å²) in [5.74, 6) is -0.755. The summed E-state index contributed by atoms with van der Waals surface area (Å²) in [7, 11) is 0. The van der Waals surface area contributed by atoms with Crippen molar-refractivity contribution in [1.82, 2.24) is 15.2 Å². The molecule has 6 nitrogen and oxygen atoms in total. The summed E-state index contributed by atoms with van der Waals surface area (Å²) in [6.07, 6.45) is 3.76. The molecule has 0 saturated carbocycles. The fraction of sp³-hybridized carbons (Fsp3) is 0.421. The number of hydrogen-bond donors (Lipinski definition) is 2. The first kappa shape index (κ1) is 18.5. The molecule has 1 atom stereocenters. The number of nitrogens with zero attached hydrogens (tertiary/aromatic N) is 2. The van der Waals surface area contributed by atoms with Gasteiger partial charge in [-0.3, -0.25) is 19.5 Å². The first-order valence-corrected chi connectivity index (χ1v) is 9.71. The number of hydrogen-bond acceptors (Lipinski definition) is 5. The van der Waals surface area contributed by atoms with E-state index in [0.29, 0.717) is 5.56 Å². The van der Waals surface area contributed by atoms with Gasteiger partial charge in [-0.1, -0.05) is 13.0 Å². The number of rotatable bonds is 6. The van der Waals surface area contributed by atoms with Crippen LogP contribution < -0.4 is 11.1 Å². The molecule has 0 saturated heterocycles. The Bertz CT molecular complexity index is 800. The zero-order chi connectivity index (χ0) is 18.7. The van der Waals surface area contributed by atoms with E-state index in [4.69, 9.17) is 5.73 Å². The first-order valence-electron chi connectivity index (χ1n) is 8.83. The highest BCUT2D eigenvalue weighted by molar-refractivity contribution is 7.10. The molecule has 2 aromatic rings. The smallest absolute Gasteiger partial charge is 0.253 e. The second-order valence-electron chi connectivity index (χ2n) is 6.62. The van der Waals surface area contributed by atoms with Crippen LogP contribution in [0, 0.1) is 0 Å². The van der Waals surface area contributed by atoms with E-state index in [1.165, 1.54) is 10.4 Å². The SMILES string of the molecule is CCc1ccc(CN2CCc3c(C(=O)N[C@@H](C)C(N)=O)csc3C2)nc1. The lowest BCUT2D eigenvalue weighted by Crippen LogP contribution is -2.42. The van der Waals surface area contributed by atoms with Crippen LogP contribution in [0.4, 0.5) is 0 Å². The molecule has 2 amide bonds. The topological polar surface area (TPSA) is 88.3 Å². The molecule has 0 aromatic carbocycles. The molecule has 1 aliphatic heterocycles. The molecule has 26 heavy (non-hydrogen) atoms. The number of nitrogens with one attached hydrogen (secondary N) is 1. The van der Waals surface area contributed by atoms with Gasteiger partial charge in [0.2, 0.25) is 5.91 Å². The number of carbonyl (C=O) groups is 2. The Labute approximate surface area is 157 Å². The number of carbonyl (C=O) groups excluding carboxylic acids is 2. The summed E-state index contributed by atoms with van der Waals surface area (Å²) in [4.78, 5) is 31.6. The molecule has 0 fully saturated rings. The third-order valence-electron chi connectivity index (χ3n) is 4.72. The number of nitrogens with two attached hydrogens (primary N) is 1. The van der Waals surface area contributed by atoms with Crippen LogP contribution in [0.1, 0.15) is 45.9 Å². The second kappa shape index (κ2) is 7.97. The van der Waals surface area contributed by atoms with Crippen LogP contribution in [0.15, 0.2) is 23.7 Å². The van der Waals surface area contributed by atoms with E-state index in [1.54, 1.807) is 18.3 Å². The minimum absolute atomic E-state index is 0.223. The van der Waals surface area contributed by atoms with Gasteiger partial charge in [-0.2, -0.15) is 0 Å². The highest BCUT2D eigenvalue weighted by atomic mass is 32.1. The Hall–Kier alpha value is -2.25. The van der Waals surface area contributed by atoms with Crippen LogP contribution in [-0.2, 0) is 30.7 Å². The van der Waals surface area contributed by atoms with Crippen molar-refractivity contribution in [2.75, 3.05) is 6.54 Å². The maximum Gasteiger partial charge on any atom is 0.253 e. The molecule has 3 heterocycles. The molecule has 7 heteroatoms. The number of aryl methyl sites for hydroxylation is 1. The molecular formula is C19H24N4O2S. The maximum atomic E-state index is 12.4. The normalized spacial score (nSPS) is 15.3. The first-order chi connectivity index (χ1) is 12.5. The average Bonchev–Trinajstić information content (AvgIpc) is 3.05. The Morgan fingerprint density at radius 2 is 2.23 bits per heavy atom. The second-order valence-corrected chi connectivity index (χ2v) is 7.58. The fourth-order valence-electron chi connectivity index (χ4n) is 3.04. The largest absolute Gasteiger partial charge is 0.368 e. The number of primary amides is 1. The molecule has 3 N–H and O–H groups in total. The summed E-state index contributed by atoms with van der Waals surface area (Å²) >= 11 is 1.60. The van der Waals surface area contributed by atoms with Crippen molar-refractivity contribution in [3.63, 3.8) is 0 Å². The fourth-order valence-corrected chi connectivity index (χ4v) is 4.16. The minimum Gasteiger partial charge on any atom is -0.368 e. The summed E-state index contributed by atoms with van der Waals surface area (Å²) < 4.78 is 0. The Morgan fingerprint density at radius 3 is 2.88 bits per heavy atom. The number of pyridine rings is 1. The van der Waals surface area contributed by atoms with Crippen molar-refractivity contribution in [3.8, 4) is 0 Å². The van der Waals surface area contributed by atoms with E-state index in [1.807, 2.05) is 11.6 Å². The minimum atomic E-state index is -0.671. The van der Waals surface area contributed by atoms with Crippen LogP contribution in [-0.4, -0.2) is 34.3 Å². The highest BCUT2D eigenvalue weighted by Crippen LogP contribution is 2.29. The van der Waals surface area contributed by atoms with Crippen molar-refractivity contribution >= 4 is 23.2 Å². The molecule has 0 unspecified atom stereocenters. The van der Waals surface area contributed by atoms with Gasteiger partial charge in [-0.05, 0) is 37.0 Å². The highest BCUT2D eigenvalue weighted by Gasteiger charge is 2.25. The number of aromatic nitrogens is 1. The predicted molar refractivity (Wildman–Crippen MR) is 102 cm³/mol. The quantitative estimate of drug-likeness (QED) is 0.810. The van der Waals surface area contributed by atoms with Gasteiger partial charge < -0.3 is 11.1 Å². The molecule has 2 aromatic heterocycles. The number of amides is 2. The lowest BCUT2D eigenvalue weighted by atomic mass is 10.0. The number of fused-ring (bicyclic) bond motifs is 1. The number of thiophene rings is 1. The van der Waals surface area contributed by atoms with Crippen molar-refractivity contribution in [1.29, 1.82) is 0 Å². The third kappa shape index (κ3) is 4.11. The summed E-state index contributed by atoms with van der Waals surface area (Å²) in [5.41, 5.74) is 9.29. The molecule has 0 bridgehead atoms. The van der Waals surface area contributed by atoms with Gasteiger partial charge in [0.25, 0.3) is 5.91 Å². The van der Waals surface area contributed by atoms with Crippen molar-refractivity contribution in [2.45, 2.75) is 45.8 Å². The van der Waals surface area contributed by atoms with Gasteiger partial charge >= 0.3 is 0 Å². The standard InChI is InChI=1S/C19H24N4O2S/c1-3-13-4-5-14(21-8-13)9-23-7-6-15-16(11-26-17(15)10-23)19(25)22-12(2)18(20)24/h4-5,8,11-12H,3,6-7,9-10H2,1-2H3,(H2,20,24)(H,22,25)/t12-/m0/s1. The molecule has 1 aliphatic rings. The monoisotopic (exact) mass is 372 g/mol. The van der Waals surface area contributed by atoms with Gasteiger partial charge in [0, 0.05) is 36.1 Å². The lowest BCUT2D eigenvalue weighted by molar-refractivity contribution is -0.119. The molecule has 0 spiro atoms. The van der Waals surface area contributed by atoms with Crippen molar-refractivity contribution in [2.24, 2.45) is 5.73 Å². The summed E-state index contributed by atoms with van der Waals surface area (Å²) in [6.45, 7) is 6.22. The van der Waals surface area contributed by atoms with E-state index >= 15 is 0 Å². The predicted octanol–water partition coefficient (Wildman–Crippen LogP) is 1.87.